The molecule has 8 nitrogen and oxygen atoms in total. The molecule has 1 aliphatic rings. The van der Waals surface area contributed by atoms with E-state index >= 15 is 0 Å². The number of carbonyl (C=O) groups is 4. The van der Waals surface area contributed by atoms with Crippen molar-refractivity contribution < 1.29 is 23.9 Å². The number of nitrogens with one attached hydrogen (secondary N) is 2. The Hall–Kier alpha value is -3.07. The van der Waals surface area contributed by atoms with Gasteiger partial charge in [0, 0.05) is 17.2 Å². The molecule has 2 atom stereocenters. The molecule has 0 bridgehead atoms. The molecule has 1 aromatic heterocycles. The van der Waals surface area contributed by atoms with Crippen LogP contribution in [0.2, 0.25) is 0 Å². The van der Waals surface area contributed by atoms with Gasteiger partial charge in [0.2, 0.25) is 5.78 Å². The van der Waals surface area contributed by atoms with Gasteiger partial charge in [-0.15, -0.1) is 11.3 Å². The molecule has 0 fully saturated rings. The molecule has 33 heavy (non-hydrogen) atoms. The first-order valence-corrected chi connectivity index (χ1v) is 12.0. The quantitative estimate of drug-likeness (QED) is 0.600. The first-order chi connectivity index (χ1) is 15.8. The average molecular weight is 472 g/mol. The van der Waals surface area contributed by atoms with Crippen LogP contribution in [0, 0.1) is 11.8 Å². The van der Waals surface area contributed by atoms with Gasteiger partial charge < -0.3 is 15.4 Å². The zero-order chi connectivity index (χ0) is 23.8. The Morgan fingerprint density at radius 1 is 1.24 bits per heavy atom. The number of hydrogen-bond donors (Lipinski definition) is 2. The van der Waals surface area contributed by atoms with Crippen molar-refractivity contribution in [3.8, 4) is 0 Å². The predicted molar refractivity (Wildman–Crippen MR) is 123 cm³/mol. The van der Waals surface area contributed by atoms with Gasteiger partial charge in [0.15, 0.2) is 5.78 Å². The monoisotopic (exact) mass is 471 g/mol. The minimum atomic E-state index is -0.812. The van der Waals surface area contributed by atoms with Crippen LogP contribution in [0.4, 0.5) is 4.79 Å². The Morgan fingerprint density at radius 3 is 2.73 bits per heavy atom. The summed E-state index contributed by atoms with van der Waals surface area (Å²) in [5.41, 5.74) is 3.35. The number of nitrogens with zero attached hydrogens (tertiary/aromatic N) is 1. The molecule has 1 aromatic carbocycles. The number of Topliss-reactive ketones (excluding diaryl/α,β-unsaturated/α-hetero) is 2. The molecule has 0 radical (unpaired) electrons. The highest BCUT2D eigenvalue weighted by Gasteiger charge is 2.32. The third-order valence-electron chi connectivity index (χ3n) is 5.64. The van der Waals surface area contributed by atoms with E-state index in [-0.39, 0.29) is 31.3 Å². The number of carbonyl (C=O) groups excluding carboxylic acids is 4. The lowest BCUT2D eigenvalue weighted by molar-refractivity contribution is -0.141. The number of alkyl carbamates (subject to hydrolysis) is 1. The standard InChI is InChI=1S/C24H29N3O5S/c1-15(2)21(27-24(31)32-13-16-7-4-3-5-8-16)19(28)11-17-9-6-10-20-18(26-14-33-20)12-25-23(30)22(17)29/h3-5,7-8,14-15,17,21H,6,9-13H2,1-2H3,(H,25,30)(H,27,31). The molecule has 176 valence electrons. The number of hydrogen-bond acceptors (Lipinski definition) is 7. The molecule has 2 N–H and O–H groups in total. The first kappa shape index (κ1) is 24.6. The number of thiazole rings is 1. The third-order valence-corrected chi connectivity index (χ3v) is 6.58. The highest BCUT2D eigenvalue weighted by Crippen LogP contribution is 2.23. The van der Waals surface area contributed by atoms with Crippen LogP contribution in [0.5, 0.6) is 0 Å². The van der Waals surface area contributed by atoms with Crippen molar-refractivity contribution in [3.63, 3.8) is 0 Å². The smallest absolute Gasteiger partial charge is 0.408 e. The van der Waals surface area contributed by atoms with E-state index in [0.29, 0.717) is 12.8 Å². The van der Waals surface area contributed by atoms with Crippen molar-refractivity contribution in [1.82, 2.24) is 15.6 Å². The van der Waals surface area contributed by atoms with Crippen LogP contribution in [0.15, 0.2) is 35.8 Å². The molecule has 2 unspecified atom stereocenters. The van der Waals surface area contributed by atoms with Gasteiger partial charge in [0.05, 0.1) is 23.8 Å². The fraction of sp³-hybridized carbons (Fsp3) is 0.458. The molecule has 0 saturated carbocycles. The van der Waals surface area contributed by atoms with Crippen LogP contribution >= 0.6 is 11.3 Å². The lowest BCUT2D eigenvalue weighted by Gasteiger charge is -2.23. The van der Waals surface area contributed by atoms with Crippen LogP contribution in [-0.4, -0.2) is 34.6 Å². The van der Waals surface area contributed by atoms with Gasteiger partial charge in [0.1, 0.15) is 6.61 Å². The summed E-state index contributed by atoms with van der Waals surface area (Å²) in [5.74, 6) is -2.52. The Balaban J connectivity index is 1.61. The van der Waals surface area contributed by atoms with E-state index in [1.165, 1.54) is 11.3 Å². The molecule has 2 aromatic rings. The number of ether oxygens (including phenoxy) is 1. The summed E-state index contributed by atoms with van der Waals surface area (Å²) < 4.78 is 5.24. The molecule has 2 heterocycles. The number of ketones is 2. The summed E-state index contributed by atoms with van der Waals surface area (Å²) in [6, 6.07) is 8.42. The molecular weight excluding hydrogens is 442 g/mol. The lowest BCUT2D eigenvalue weighted by atomic mass is 9.86. The number of aryl methyl sites for hydroxylation is 1. The van der Waals surface area contributed by atoms with E-state index in [0.717, 1.165) is 22.6 Å². The molecular formula is C24H29N3O5S. The Morgan fingerprint density at radius 2 is 2.00 bits per heavy atom. The van der Waals surface area contributed by atoms with E-state index in [9.17, 15) is 19.2 Å². The number of fused-ring (bicyclic) bond motifs is 1. The van der Waals surface area contributed by atoms with Gasteiger partial charge in [0.25, 0.3) is 5.91 Å². The summed E-state index contributed by atoms with van der Waals surface area (Å²) in [4.78, 5) is 55.8. The van der Waals surface area contributed by atoms with E-state index in [1.54, 1.807) is 5.51 Å². The van der Waals surface area contributed by atoms with Gasteiger partial charge in [-0.25, -0.2) is 9.78 Å². The van der Waals surface area contributed by atoms with Crippen LogP contribution in [0.3, 0.4) is 0 Å². The second-order valence-electron chi connectivity index (χ2n) is 8.46. The predicted octanol–water partition coefficient (Wildman–Crippen LogP) is 3.19. The van der Waals surface area contributed by atoms with Crippen LogP contribution in [0.25, 0.3) is 0 Å². The van der Waals surface area contributed by atoms with Crippen molar-refractivity contribution in [3.05, 3.63) is 52.0 Å². The van der Waals surface area contributed by atoms with E-state index in [4.69, 9.17) is 4.74 Å². The fourth-order valence-corrected chi connectivity index (χ4v) is 4.62. The van der Waals surface area contributed by atoms with Crippen molar-refractivity contribution in [2.45, 2.75) is 58.7 Å². The molecule has 9 heteroatoms. The highest BCUT2D eigenvalue weighted by molar-refractivity contribution is 7.09. The third kappa shape index (κ3) is 6.95. The van der Waals surface area contributed by atoms with Gasteiger partial charge in [-0.2, -0.15) is 0 Å². The number of aromatic nitrogens is 1. The normalized spacial score (nSPS) is 17.6. The zero-order valence-corrected chi connectivity index (χ0v) is 19.7. The van der Waals surface area contributed by atoms with Crippen molar-refractivity contribution in [2.75, 3.05) is 0 Å². The summed E-state index contributed by atoms with van der Waals surface area (Å²) in [6.07, 6.45) is 1.03. The van der Waals surface area contributed by atoms with E-state index in [2.05, 4.69) is 15.6 Å². The van der Waals surface area contributed by atoms with Gasteiger partial charge in [-0.1, -0.05) is 44.2 Å². The Bertz CT molecular complexity index is 989. The van der Waals surface area contributed by atoms with E-state index < -0.39 is 29.7 Å². The topological polar surface area (TPSA) is 114 Å². The number of benzene rings is 1. The summed E-state index contributed by atoms with van der Waals surface area (Å²) in [7, 11) is 0. The maximum absolute atomic E-state index is 13.1. The maximum Gasteiger partial charge on any atom is 0.408 e. The van der Waals surface area contributed by atoms with Crippen LogP contribution in [0.1, 0.15) is 49.2 Å². The molecule has 0 spiro atoms. The lowest BCUT2D eigenvalue weighted by Crippen LogP contribution is -2.46. The minimum absolute atomic E-state index is 0.0898. The zero-order valence-electron chi connectivity index (χ0n) is 18.8. The minimum Gasteiger partial charge on any atom is -0.445 e. The van der Waals surface area contributed by atoms with Crippen molar-refractivity contribution >= 4 is 34.9 Å². The maximum atomic E-state index is 13.1. The second-order valence-corrected chi connectivity index (χ2v) is 9.40. The molecule has 0 aliphatic carbocycles. The van der Waals surface area contributed by atoms with Gasteiger partial charge in [-0.3, -0.25) is 14.4 Å². The molecule has 3 rings (SSSR count). The molecule has 2 amide bonds. The van der Waals surface area contributed by atoms with Crippen LogP contribution < -0.4 is 10.6 Å². The molecule has 0 saturated heterocycles. The van der Waals surface area contributed by atoms with Crippen molar-refractivity contribution in [1.29, 1.82) is 0 Å². The Kier molecular flexibility index (Phi) is 8.71. The largest absolute Gasteiger partial charge is 0.445 e. The molecule has 1 aliphatic heterocycles. The summed E-state index contributed by atoms with van der Waals surface area (Å²) >= 11 is 1.52. The summed E-state index contributed by atoms with van der Waals surface area (Å²) in [5, 5.41) is 5.25. The van der Waals surface area contributed by atoms with Gasteiger partial charge >= 0.3 is 6.09 Å². The number of rotatable bonds is 7. The highest BCUT2D eigenvalue weighted by atomic mass is 32.1. The SMILES string of the molecule is CC(C)C(NC(=O)OCc1ccccc1)C(=O)CC1CCCc2scnc2CNC(=O)C1=O. The van der Waals surface area contributed by atoms with Crippen molar-refractivity contribution in [2.24, 2.45) is 11.8 Å². The van der Waals surface area contributed by atoms with E-state index in [1.807, 2.05) is 44.2 Å². The average Bonchev–Trinajstić information content (AvgIpc) is 3.25. The first-order valence-electron chi connectivity index (χ1n) is 11.1. The number of amides is 2. The van der Waals surface area contributed by atoms with Gasteiger partial charge in [-0.05, 0) is 30.7 Å². The van der Waals surface area contributed by atoms with Crippen LogP contribution in [-0.2, 0) is 38.7 Å². The second kappa shape index (κ2) is 11.7. The fourth-order valence-electron chi connectivity index (χ4n) is 3.79. The Labute approximate surface area is 197 Å². The summed E-state index contributed by atoms with van der Waals surface area (Å²) in [6.45, 7) is 3.92.